The van der Waals surface area contributed by atoms with Gasteiger partial charge in [0.05, 0.1) is 57.8 Å². The van der Waals surface area contributed by atoms with Crippen LogP contribution in [0.2, 0.25) is 10.0 Å². The van der Waals surface area contributed by atoms with Gasteiger partial charge in [0.2, 0.25) is 11.9 Å². The predicted octanol–water partition coefficient (Wildman–Crippen LogP) is 3.14. The quantitative estimate of drug-likeness (QED) is 0.458. The van der Waals surface area contributed by atoms with Crippen LogP contribution in [0.3, 0.4) is 0 Å². The number of nitriles is 1. The Morgan fingerprint density at radius 1 is 1.27 bits per heavy atom. The van der Waals surface area contributed by atoms with Crippen LogP contribution in [0.1, 0.15) is 18.9 Å². The Labute approximate surface area is 229 Å². The molecule has 0 spiro atoms. The van der Waals surface area contributed by atoms with E-state index in [1.54, 1.807) is 17.2 Å². The number of thiocarbonyl (C=S) groups is 1. The zero-order chi connectivity index (χ0) is 26.7. The number of carbonyl (C=O) groups excluding carboxylic acids is 1. The van der Waals surface area contributed by atoms with Gasteiger partial charge >= 0.3 is 0 Å². The largest absolute Gasteiger partial charge is 0.495 e. The molecule has 1 amide bonds. The molecule has 14 heteroatoms. The predicted molar refractivity (Wildman–Crippen MR) is 144 cm³/mol. The number of fused-ring (bicyclic) bond motifs is 1. The number of ether oxygens (including phenoxy) is 3. The fourth-order valence-electron chi connectivity index (χ4n) is 4.19. The number of halogens is 2. The number of benzene rings is 1. The molecule has 3 heterocycles. The third-order valence-electron chi connectivity index (χ3n) is 6.01. The smallest absolute Gasteiger partial charge is 0.234 e. The van der Waals surface area contributed by atoms with Gasteiger partial charge in [0, 0.05) is 24.4 Å². The third-order valence-corrected chi connectivity index (χ3v) is 7.18. The summed E-state index contributed by atoms with van der Waals surface area (Å²) in [6.45, 7) is 3.48. The number of amides is 1. The summed E-state index contributed by atoms with van der Waals surface area (Å²) >= 11 is 19.2. The molecule has 1 saturated heterocycles. The second-order valence-electron chi connectivity index (χ2n) is 8.21. The molecule has 11 nitrogen and oxygen atoms in total. The van der Waals surface area contributed by atoms with Crippen molar-refractivity contribution in [2.75, 3.05) is 49.1 Å². The summed E-state index contributed by atoms with van der Waals surface area (Å²) in [5.41, 5.74) is 1.27. The van der Waals surface area contributed by atoms with Gasteiger partial charge in [-0.25, -0.2) is 4.98 Å². The molecule has 0 unspecified atom stereocenters. The molecule has 1 aromatic heterocycles. The topological polar surface area (TPSA) is 125 Å². The fraction of sp³-hybridized carbons (Fsp3) is 0.435. The lowest BCUT2D eigenvalue weighted by Gasteiger charge is -2.39. The van der Waals surface area contributed by atoms with Gasteiger partial charge in [0.25, 0.3) is 0 Å². The highest BCUT2D eigenvalue weighted by molar-refractivity contribution is 7.80. The molecule has 2 aliphatic rings. The van der Waals surface area contributed by atoms with Crippen molar-refractivity contribution in [2.24, 2.45) is 0 Å². The van der Waals surface area contributed by atoms with Gasteiger partial charge in [0.1, 0.15) is 33.8 Å². The highest BCUT2D eigenvalue weighted by Gasteiger charge is 2.35. The normalized spacial score (nSPS) is 18.8. The summed E-state index contributed by atoms with van der Waals surface area (Å²) in [7, 11) is 3.02. The molecule has 0 saturated carbocycles. The molecule has 2 aromatic rings. The Morgan fingerprint density at radius 3 is 2.57 bits per heavy atom. The van der Waals surface area contributed by atoms with Gasteiger partial charge in [-0.1, -0.05) is 23.2 Å². The number of nitrogens with zero attached hydrogens (tertiary/aromatic N) is 5. The summed E-state index contributed by atoms with van der Waals surface area (Å²) in [5, 5.41) is 15.8. The molecule has 1 fully saturated rings. The first kappa shape index (κ1) is 26.9. The molecule has 2 atom stereocenters. The van der Waals surface area contributed by atoms with Crippen molar-refractivity contribution < 1.29 is 19.0 Å². The average molecular weight is 566 g/mol. The van der Waals surface area contributed by atoms with Gasteiger partial charge < -0.3 is 34.6 Å². The molecular formula is C23H25Cl2N7O4S. The van der Waals surface area contributed by atoms with Crippen LogP contribution in [0.4, 0.5) is 17.5 Å². The first-order valence-electron chi connectivity index (χ1n) is 11.4. The fourth-order valence-corrected chi connectivity index (χ4v) is 5.27. The Hall–Kier alpha value is -3.11. The second kappa shape index (κ2) is 11.5. The SMILES string of the molecule is CCN1C(=S)N(c2c(Cl)c(OC)cc(OC)c2Cl)Cc2cnc(N[C@@H]3COC[C@@H]3NC(=O)CC#N)nc21. The van der Waals surface area contributed by atoms with Gasteiger partial charge in [-0.2, -0.15) is 10.2 Å². The summed E-state index contributed by atoms with van der Waals surface area (Å²) in [6.07, 6.45) is 1.49. The van der Waals surface area contributed by atoms with Crippen LogP contribution in [0.15, 0.2) is 12.3 Å². The van der Waals surface area contributed by atoms with E-state index < -0.39 is 0 Å². The number of hydrogen-bond donors (Lipinski definition) is 2. The minimum atomic E-state index is -0.356. The molecule has 1 aromatic carbocycles. The molecule has 4 rings (SSSR count). The maximum Gasteiger partial charge on any atom is 0.234 e. The van der Waals surface area contributed by atoms with Crippen LogP contribution in [0.25, 0.3) is 0 Å². The number of hydrogen-bond acceptors (Lipinski definition) is 9. The number of methoxy groups -OCH3 is 2. The first-order valence-corrected chi connectivity index (χ1v) is 12.5. The number of nitrogens with one attached hydrogen (secondary N) is 2. The van der Waals surface area contributed by atoms with Crippen molar-refractivity contribution in [3.8, 4) is 17.6 Å². The molecule has 0 radical (unpaired) electrons. The maximum absolute atomic E-state index is 11.9. The Bertz CT molecular complexity index is 1230. The highest BCUT2D eigenvalue weighted by Crippen LogP contribution is 2.48. The van der Waals surface area contributed by atoms with Gasteiger partial charge in [-0.15, -0.1) is 0 Å². The summed E-state index contributed by atoms with van der Waals surface area (Å²) in [6, 6.07) is 2.89. The van der Waals surface area contributed by atoms with Crippen molar-refractivity contribution >= 4 is 63.9 Å². The van der Waals surface area contributed by atoms with E-state index >= 15 is 0 Å². The van der Waals surface area contributed by atoms with E-state index in [-0.39, 0.29) is 24.4 Å². The molecule has 0 aliphatic carbocycles. The Balaban J connectivity index is 1.63. The van der Waals surface area contributed by atoms with Crippen LogP contribution in [-0.2, 0) is 16.1 Å². The number of rotatable bonds is 8. The lowest BCUT2D eigenvalue weighted by molar-refractivity contribution is -0.120. The zero-order valence-corrected chi connectivity index (χ0v) is 22.7. The van der Waals surface area contributed by atoms with Crippen molar-refractivity contribution in [2.45, 2.75) is 32.0 Å². The number of carbonyl (C=O) groups is 1. The zero-order valence-electron chi connectivity index (χ0n) is 20.4. The molecule has 196 valence electrons. The standard InChI is InChI=1S/C23H25Cl2N7O4S/c1-4-31-21-12(8-27-22(30-21)29-14-11-36-10-13(14)28-17(33)5-6-26)9-32(23(31)37)20-18(24)15(34-2)7-16(35-3)19(20)25/h7-8,13-14H,4-5,9-11H2,1-3H3,(H,28,33)(H,27,29,30)/t13-,14+/m0/s1. The van der Waals surface area contributed by atoms with E-state index in [1.807, 2.05) is 17.9 Å². The highest BCUT2D eigenvalue weighted by atomic mass is 35.5. The van der Waals surface area contributed by atoms with Crippen LogP contribution in [0.5, 0.6) is 11.5 Å². The van der Waals surface area contributed by atoms with Crippen molar-refractivity contribution in [1.82, 2.24) is 15.3 Å². The van der Waals surface area contributed by atoms with Gasteiger partial charge in [-0.05, 0) is 19.1 Å². The lowest BCUT2D eigenvalue weighted by Crippen LogP contribution is -2.48. The minimum absolute atomic E-state index is 0.217. The van der Waals surface area contributed by atoms with E-state index in [0.717, 1.165) is 5.56 Å². The first-order chi connectivity index (χ1) is 17.8. The van der Waals surface area contributed by atoms with Crippen LogP contribution in [-0.4, -0.2) is 67.0 Å². The van der Waals surface area contributed by atoms with E-state index in [2.05, 4.69) is 15.6 Å². The minimum Gasteiger partial charge on any atom is -0.495 e. The van der Waals surface area contributed by atoms with Crippen molar-refractivity contribution in [3.63, 3.8) is 0 Å². The van der Waals surface area contributed by atoms with E-state index in [0.29, 0.717) is 70.4 Å². The lowest BCUT2D eigenvalue weighted by atomic mass is 10.1. The molecular weight excluding hydrogens is 541 g/mol. The average Bonchev–Trinajstić information content (AvgIpc) is 3.31. The van der Waals surface area contributed by atoms with E-state index in [4.69, 9.17) is 59.9 Å². The molecule has 37 heavy (non-hydrogen) atoms. The summed E-state index contributed by atoms with van der Waals surface area (Å²) in [5.74, 6) is 1.46. The maximum atomic E-state index is 11.9. The monoisotopic (exact) mass is 565 g/mol. The Kier molecular flexibility index (Phi) is 8.39. The van der Waals surface area contributed by atoms with Gasteiger partial charge in [0.15, 0.2) is 5.11 Å². The van der Waals surface area contributed by atoms with Gasteiger partial charge in [-0.3, -0.25) is 4.79 Å². The summed E-state index contributed by atoms with van der Waals surface area (Å²) in [4.78, 5) is 24.7. The van der Waals surface area contributed by atoms with Crippen molar-refractivity contribution in [1.29, 1.82) is 5.26 Å². The van der Waals surface area contributed by atoms with Crippen LogP contribution >= 0.6 is 35.4 Å². The van der Waals surface area contributed by atoms with E-state index in [9.17, 15) is 4.79 Å². The van der Waals surface area contributed by atoms with Crippen LogP contribution < -0.4 is 29.9 Å². The Morgan fingerprint density at radius 2 is 1.95 bits per heavy atom. The third kappa shape index (κ3) is 5.31. The molecule has 2 aliphatic heterocycles. The second-order valence-corrected chi connectivity index (χ2v) is 9.33. The number of anilines is 3. The van der Waals surface area contributed by atoms with Crippen LogP contribution in [0, 0.1) is 11.3 Å². The van der Waals surface area contributed by atoms with E-state index in [1.165, 1.54) is 14.2 Å². The molecule has 0 bridgehead atoms. The summed E-state index contributed by atoms with van der Waals surface area (Å²) < 4.78 is 16.4. The molecule has 2 N–H and O–H groups in total. The number of aromatic nitrogens is 2. The van der Waals surface area contributed by atoms with Crippen molar-refractivity contribution in [3.05, 3.63) is 27.9 Å².